The van der Waals surface area contributed by atoms with Crippen molar-refractivity contribution in [1.29, 1.82) is 0 Å². The molecule has 0 saturated carbocycles. The van der Waals surface area contributed by atoms with Crippen molar-refractivity contribution in [3.63, 3.8) is 0 Å². The molecule has 2 rings (SSSR count). The van der Waals surface area contributed by atoms with Crippen molar-refractivity contribution >= 4 is 23.1 Å². The van der Waals surface area contributed by atoms with Crippen molar-refractivity contribution in [2.24, 2.45) is 0 Å². The van der Waals surface area contributed by atoms with Gasteiger partial charge in [-0.15, -0.1) is 5.06 Å². The summed E-state index contributed by atoms with van der Waals surface area (Å²) >= 11 is 5.85. The Bertz CT molecular complexity index is 595. The van der Waals surface area contributed by atoms with Gasteiger partial charge in [-0.25, -0.2) is 0 Å². The van der Waals surface area contributed by atoms with E-state index in [-0.39, 0.29) is 0 Å². The molecule has 0 spiro atoms. The highest BCUT2D eigenvalue weighted by molar-refractivity contribution is 6.30. The Morgan fingerprint density at radius 2 is 1.80 bits per heavy atom. The third kappa shape index (κ3) is 1.85. The molecule has 0 bridgehead atoms. The van der Waals surface area contributed by atoms with Gasteiger partial charge in [-0.1, -0.05) is 11.6 Å². The molecular formula is C14H17ClN2O3. The number of rotatable bonds is 2. The lowest BCUT2D eigenvalue weighted by molar-refractivity contribution is -0.565. The summed E-state index contributed by atoms with van der Waals surface area (Å²) in [6.07, 6.45) is 0. The first-order chi connectivity index (χ1) is 9.13. The lowest BCUT2D eigenvalue weighted by Crippen LogP contribution is -2.57. The summed E-state index contributed by atoms with van der Waals surface area (Å²) in [4.78, 5) is 11.8. The molecule has 1 aliphatic rings. The number of ketones is 1. The highest BCUT2D eigenvalue weighted by Crippen LogP contribution is 2.35. The topological polar surface area (TPSA) is 66.6 Å². The molecule has 1 N–H and O–H groups in total. The van der Waals surface area contributed by atoms with E-state index in [4.69, 9.17) is 11.6 Å². The van der Waals surface area contributed by atoms with Gasteiger partial charge in [-0.2, -0.15) is 4.74 Å². The van der Waals surface area contributed by atoms with E-state index in [9.17, 15) is 15.2 Å². The largest absolute Gasteiger partial charge is 0.622 e. The average Bonchev–Trinajstić information content (AvgIpc) is 2.51. The second kappa shape index (κ2) is 4.55. The molecule has 0 amide bonds. The summed E-state index contributed by atoms with van der Waals surface area (Å²) in [5, 5.41) is 24.3. The molecule has 0 aliphatic carbocycles. The highest BCUT2D eigenvalue weighted by Gasteiger charge is 2.62. The predicted octanol–water partition coefficient (Wildman–Crippen LogP) is 2.43. The molecule has 1 aromatic carbocycles. The Kier molecular flexibility index (Phi) is 3.40. The van der Waals surface area contributed by atoms with Crippen LogP contribution in [0.2, 0.25) is 5.02 Å². The zero-order valence-electron chi connectivity index (χ0n) is 11.8. The fraction of sp³-hybridized carbons (Fsp3) is 0.429. The first kappa shape index (κ1) is 15.0. The molecule has 20 heavy (non-hydrogen) atoms. The Morgan fingerprint density at radius 3 is 2.20 bits per heavy atom. The van der Waals surface area contributed by atoms with Gasteiger partial charge in [0.25, 0.3) is 0 Å². The van der Waals surface area contributed by atoms with Crippen LogP contribution >= 0.6 is 11.6 Å². The molecular weight excluding hydrogens is 280 g/mol. The van der Waals surface area contributed by atoms with Crippen LogP contribution in [0.4, 0.5) is 0 Å². The van der Waals surface area contributed by atoms with E-state index in [1.54, 1.807) is 38.1 Å². The molecule has 1 aromatic rings. The number of hydroxylamine groups is 3. The minimum absolute atomic E-state index is 0.328. The maximum atomic E-state index is 12.6. The molecule has 1 heterocycles. The Labute approximate surface area is 122 Å². The summed E-state index contributed by atoms with van der Waals surface area (Å²) in [5.41, 5.74) is -1.66. The molecule has 0 radical (unpaired) electrons. The number of hydrogen-bond acceptors (Lipinski definition) is 4. The Balaban J connectivity index is 2.68. The Morgan fingerprint density at radius 1 is 1.30 bits per heavy atom. The van der Waals surface area contributed by atoms with Gasteiger partial charge in [0.05, 0.1) is 0 Å². The van der Waals surface area contributed by atoms with E-state index in [0.29, 0.717) is 21.0 Å². The average molecular weight is 297 g/mol. The first-order valence-electron chi connectivity index (χ1n) is 6.24. The van der Waals surface area contributed by atoms with Crippen LogP contribution in [0.5, 0.6) is 0 Å². The van der Waals surface area contributed by atoms with Gasteiger partial charge in [0.2, 0.25) is 11.5 Å². The fourth-order valence-corrected chi connectivity index (χ4v) is 2.69. The molecule has 0 aromatic heterocycles. The minimum atomic E-state index is -1.63. The third-order valence-corrected chi connectivity index (χ3v) is 4.16. The van der Waals surface area contributed by atoms with Crippen molar-refractivity contribution in [2.75, 3.05) is 0 Å². The van der Waals surface area contributed by atoms with Crippen molar-refractivity contribution < 1.29 is 14.7 Å². The van der Waals surface area contributed by atoms with Gasteiger partial charge < -0.3 is 10.4 Å². The first-order valence-corrected chi connectivity index (χ1v) is 6.62. The zero-order valence-corrected chi connectivity index (χ0v) is 12.6. The van der Waals surface area contributed by atoms with Crippen LogP contribution in [-0.2, 0) is 4.79 Å². The summed E-state index contributed by atoms with van der Waals surface area (Å²) in [5.74, 6) is -0.424. The molecule has 1 aliphatic heterocycles. The standard InChI is InChI=1S/C14H17ClN2O3/c1-9(18)14(4)16(19)12(13(2,3)17(14)20)10-5-7-11(15)8-6-10/h5-8,20H,1-4H3/t14-/m1/s1. The van der Waals surface area contributed by atoms with Crippen LogP contribution in [-0.4, -0.2) is 37.7 Å². The number of carbonyl (C=O) groups excluding carboxylic acids is 1. The van der Waals surface area contributed by atoms with Crippen molar-refractivity contribution in [3.8, 4) is 0 Å². The molecule has 5 nitrogen and oxygen atoms in total. The molecule has 0 fully saturated rings. The minimum Gasteiger partial charge on any atom is -0.622 e. The molecule has 6 heteroatoms. The van der Waals surface area contributed by atoms with Gasteiger partial charge in [-0.05, 0) is 38.1 Å². The van der Waals surface area contributed by atoms with Crippen molar-refractivity contribution in [2.45, 2.75) is 38.9 Å². The van der Waals surface area contributed by atoms with Crippen LogP contribution in [0.3, 0.4) is 0 Å². The summed E-state index contributed by atoms with van der Waals surface area (Å²) in [7, 11) is 0. The number of hydrogen-bond donors (Lipinski definition) is 1. The van der Waals surface area contributed by atoms with E-state index in [1.807, 2.05) is 0 Å². The lowest BCUT2D eigenvalue weighted by Gasteiger charge is -2.30. The lowest BCUT2D eigenvalue weighted by atomic mass is 9.92. The monoisotopic (exact) mass is 296 g/mol. The maximum Gasteiger partial charge on any atom is 0.307 e. The number of nitrogens with zero attached hydrogens (tertiary/aromatic N) is 2. The highest BCUT2D eigenvalue weighted by atomic mass is 35.5. The van der Waals surface area contributed by atoms with Gasteiger partial charge in [0.15, 0.2) is 0 Å². The SMILES string of the molecule is CC(=O)[C@@]1(C)N(O)C(C)(C)C(c2ccc(Cl)cc2)=[N+]1[O-]. The van der Waals surface area contributed by atoms with Gasteiger partial charge >= 0.3 is 5.66 Å². The summed E-state index contributed by atoms with van der Waals surface area (Å²) < 4.78 is 0.582. The van der Waals surface area contributed by atoms with Crippen LogP contribution in [0.1, 0.15) is 33.3 Å². The van der Waals surface area contributed by atoms with E-state index >= 15 is 0 Å². The van der Waals surface area contributed by atoms with Gasteiger partial charge in [-0.3, -0.25) is 4.79 Å². The fourth-order valence-electron chi connectivity index (χ4n) is 2.57. The third-order valence-electron chi connectivity index (χ3n) is 3.90. The normalized spacial score (nSPS) is 26.1. The number of halogens is 1. The predicted molar refractivity (Wildman–Crippen MR) is 76.0 cm³/mol. The van der Waals surface area contributed by atoms with E-state index < -0.39 is 17.0 Å². The number of carbonyl (C=O) groups is 1. The van der Waals surface area contributed by atoms with Gasteiger partial charge in [0, 0.05) is 24.4 Å². The molecule has 0 saturated heterocycles. The van der Waals surface area contributed by atoms with Crippen molar-refractivity contribution in [3.05, 3.63) is 40.1 Å². The summed E-state index contributed by atoms with van der Waals surface area (Å²) in [6.45, 7) is 6.08. The van der Waals surface area contributed by atoms with Crippen molar-refractivity contribution in [1.82, 2.24) is 5.06 Å². The molecule has 108 valence electrons. The smallest absolute Gasteiger partial charge is 0.307 e. The zero-order chi connectivity index (χ0) is 15.3. The van der Waals surface area contributed by atoms with E-state index in [2.05, 4.69) is 0 Å². The van der Waals surface area contributed by atoms with Crippen LogP contribution < -0.4 is 0 Å². The number of benzene rings is 1. The van der Waals surface area contributed by atoms with E-state index in [1.165, 1.54) is 13.8 Å². The Hall–Kier alpha value is -1.43. The number of Topliss-reactive ketones (excluding diaryl/α,β-unsaturated/α-hetero) is 1. The van der Waals surface area contributed by atoms with Crippen LogP contribution in [0.25, 0.3) is 0 Å². The van der Waals surface area contributed by atoms with Crippen LogP contribution in [0.15, 0.2) is 24.3 Å². The quantitative estimate of drug-likeness (QED) is 0.672. The van der Waals surface area contributed by atoms with E-state index in [0.717, 1.165) is 5.06 Å². The molecule has 1 atom stereocenters. The van der Waals surface area contributed by atoms with Crippen LogP contribution in [0, 0.1) is 5.21 Å². The summed E-state index contributed by atoms with van der Waals surface area (Å²) in [6, 6.07) is 6.73. The second-order valence-electron chi connectivity index (χ2n) is 5.60. The second-order valence-corrected chi connectivity index (χ2v) is 6.03. The maximum absolute atomic E-state index is 12.6. The molecule has 0 unspecified atom stereocenters. The van der Waals surface area contributed by atoms with Gasteiger partial charge in [0.1, 0.15) is 5.54 Å².